The molecule has 1 saturated heterocycles. The smallest absolute Gasteiger partial charge is 0.245 e. The number of β-amino-alcohol motifs (C(OH)–C–C–N with tert-alkyl or cyclic N) is 1. The maximum Gasteiger partial charge on any atom is 0.245 e. The number of carbonyl (C=O) groups excluding carboxylic acids is 2. The highest BCUT2D eigenvalue weighted by Crippen LogP contribution is 2.46. The highest BCUT2D eigenvalue weighted by atomic mass is 35.5. The SMILES string of the molecule is C[C@H](O)CNC(C)(C)C(=O)N[C@H](Cc1c[nH]c2ccccc12)C(=O)N1CCC2(CCc3ccccc32)CC1.Cl. The molecule has 1 aromatic heterocycles. The van der Waals surface area contributed by atoms with Crippen LogP contribution in [0.3, 0.4) is 0 Å². The minimum absolute atomic E-state index is 0. The number of H-pyrrole nitrogens is 1. The number of aryl methyl sites for hydroxylation is 1. The molecule has 1 aliphatic carbocycles. The molecule has 8 heteroatoms. The lowest BCUT2D eigenvalue weighted by Crippen LogP contribution is -2.60. The van der Waals surface area contributed by atoms with E-state index in [2.05, 4.69) is 39.9 Å². The van der Waals surface area contributed by atoms with Crippen LogP contribution in [0.2, 0.25) is 0 Å². The van der Waals surface area contributed by atoms with Crippen LogP contribution in [0.4, 0.5) is 0 Å². The average Bonchev–Trinajstić information content (AvgIpc) is 3.49. The fourth-order valence-electron chi connectivity index (χ4n) is 6.20. The van der Waals surface area contributed by atoms with Gasteiger partial charge in [-0.1, -0.05) is 42.5 Å². The van der Waals surface area contributed by atoms with Gasteiger partial charge in [0.05, 0.1) is 11.6 Å². The lowest BCUT2D eigenvalue weighted by atomic mass is 9.73. The molecule has 2 amide bonds. The summed E-state index contributed by atoms with van der Waals surface area (Å²) in [5.41, 5.74) is 4.15. The first-order valence-corrected chi connectivity index (χ1v) is 13.8. The first-order chi connectivity index (χ1) is 18.2. The van der Waals surface area contributed by atoms with Crippen LogP contribution < -0.4 is 10.6 Å². The highest BCUT2D eigenvalue weighted by Gasteiger charge is 2.43. The molecule has 1 aliphatic heterocycles. The summed E-state index contributed by atoms with van der Waals surface area (Å²) in [4.78, 5) is 32.6. The number of benzene rings is 2. The van der Waals surface area contributed by atoms with Crippen molar-refractivity contribution in [3.05, 3.63) is 71.4 Å². The monoisotopic (exact) mass is 552 g/mol. The summed E-state index contributed by atoms with van der Waals surface area (Å²) in [6.07, 6.45) is 5.92. The van der Waals surface area contributed by atoms with Crippen molar-refractivity contribution >= 4 is 35.1 Å². The molecule has 2 heterocycles. The Bertz CT molecular complexity index is 1310. The molecule has 1 spiro atoms. The van der Waals surface area contributed by atoms with E-state index in [9.17, 15) is 14.7 Å². The van der Waals surface area contributed by atoms with Gasteiger partial charge in [-0.25, -0.2) is 0 Å². The lowest BCUT2D eigenvalue weighted by molar-refractivity contribution is -0.139. The van der Waals surface area contributed by atoms with Crippen LogP contribution in [0.25, 0.3) is 10.9 Å². The quantitative estimate of drug-likeness (QED) is 0.341. The largest absolute Gasteiger partial charge is 0.392 e. The third-order valence-electron chi connectivity index (χ3n) is 8.60. The fraction of sp³-hybridized carbons (Fsp3) is 0.484. The van der Waals surface area contributed by atoms with Crippen LogP contribution in [0, 0.1) is 0 Å². The Morgan fingerprint density at radius 1 is 1.08 bits per heavy atom. The van der Waals surface area contributed by atoms with Crippen LogP contribution in [0.15, 0.2) is 54.7 Å². The van der Waals surface area contributed by atoms with E-state index in [0.717, 1.165) is 42.1 Å². The number of piperidine rings is 1. The number of likely N-dealkylation sites (tertiary alicyclic amines) is 1. The maximum atomic E-state index is 14.0. The van der Waals surface area contributed by atoms with E-state index >= 15 is 0 Å². The third-order valence-corrected chi connectivity index (χ3v) is 8.60. The van der Waals surface area contributed by atoms with Gasteiger partial charge in [0, 0.05) is 43.2 Å². The molecule has 3 aromatic rings. The van der Waals surface area contributed by atoms with E-state index in [1.807, 2.05) is 35.4 Å². The van der Waals surface area contributed by atoms with Crippen LogP contribution in [-0.4, -0.2) is 64.1 Å². The summed E-state index contributed by atoms with van der Waals surface area (Å²) in [6, 6.07) is 16.1. The molecular weight excluding hydrogens is 512 g/mol. The number of aliphatic hydroxyl groups is 1. The molecule has 0 bridgehead atoms. The molecule has 210 valence electrons. The van der Waals surface area contributed by atoms with Crippen molar-refractivity contribution in [3.63, 3.8) is 0 Å². The fourth-order valence-corrected chi connectivity index (χ4v) is 6.20. The molecule has 4 N–H and O–H groups in total. The van der Waals surface area contributed by atoms with Crippen LogP contribution >= 0.6 is 12.4 Å². The van der Waals surface area contributed by atoms with Crippen LogP contribution in [0.1, 0.15) is 56.7 Å². The number of aromatic nitrogens is 1. The minimum Gasteiger partial charge on any atom is -0.392 e. The number of hydrogen-bond donors (Lipinski definition) is 4. The van der Waals surface area contributed by atoms with Gasteiger partial charge >= 0.3 is 0 Å². The zero-order valence-corrected chi connectivity index (χ0v) is 23.9. The number of halogens is 1. The predicted molar refractivity (Wildman–Crippen MR) is 157 cm³/mol. The molecule has 39 heavy (non-hydrogen) atoms. The normalized spacial score (nSPS) is 17.9. The maximum absolute atomic E-state index is 14.0. The van der Waals surface area contributed by atoms with Crippen LogP contribution in [0.5, 0.6) is 0 Å². The number of fused-ring (bicyclic) bond motifs is 3. The van der Waals surface area contributed by atoms with Gasteiger partial charge in [0.2, 0.25) is 11.8 Å². The van der Waals surface area contributed by atoms with Gasteiger partial charge in [-0.3, -0.25) is 9.59 Å². The van der Waals surface area contributed by atoms with Crippen molar-refractivity contribution in [2.45, 2.75) is 76.0 Å². The van der Waals surface area contributed by atoms with Crippen molar-refractivity contribution in [1.29, 1.82) is 0 Å². The third kappa shape index (κ3) is 6.01. The molecular formula is C31H41ClN4O3. The Balaban J connectivity index is 0.00000353. The van der Waals surface area contributed by atoms with E-state index in [-0.39, 0.29) is 36.2 Å². The van der Waals surface area contributed by atoms with E-state index < -0.39 is 17.7 Å². The van der Waals surface area contributed by atoms with Gasteiger partial charge in [0.1, 0.15) is 6.04 Å². The van der Waals surface area contributed by atoms with Gasteiger partial charge in [-0.15, -0.1) is 12.4 Å². The van der Waals surface area contributed by atoms with Gasteiger partial charge in [0.15, 0.2) is 0 Å². The lowest BCUT2D eigenvalue weighted by Gasteiger charge is -2.41. The number of hydrogen-bond acceptors (Lipinski definition) is 4. The van der Waals surface area contributed by atoms with Crippen molar-refractivity contribution in [1.82, 2.24) is 20.5 Å². The zero-order valence-electron chi connectivity index (χ0n) is 23.1. The number of nitrogens with one attached hydrogen (secondary N) is 3. The first kappa shape index (κ1) is 29.1. The molecule has 0 radical (unpaired) electrons. The number of rotatable bonds is 8. The number of nitrogens with zero attached hydrogens (tertiary/aromatic N) is 1. The van der Waals surface area contributed by atoms with Crippen molar-refractivity contribution in [2.75, 3.05) is 19.6 Å². The molecule has 5 rings (SSSR count). The van der Waals surface area contributed by atoms with E-state index in [1.165, 1.54) is 11.1 Å². The van der Waals surface area contributed by atoms with E-state index in [1.54, 1.807) is 20.8 Å². The molecule has 0 unspecified atom stereocenters. The summed E-state index contributed by atoms with van der Waals surface area (Å²) in [5, 5.41) is 17.0. The van der Waals surface area contributed by atoms with Gasteiger partial charge in [0.25, 0.3) is 0 Å². The second kappa shape index (κ2) is 11.7. The van der Waals surface area contributed by atoms with Crippen molar-refractivity contribution in [2.24, 2.45) is 0 Å². The average molecular weight is 553 g/mol. The van der Waals surface area contributed by atoms with Gasteiger partial charge in [-0.05, 0) is 74.6 Å². The highest BCUT2D eigenvalue weighted by molar-refractivity contribution is 5.92. The zero-order chi connectivity index (χ0) is 26.9. The summed E-state index contributed by atoms with van der Waals surface area (Å²) in [7, 11) is 0. The van der Waals surface area contributed by atoms with E-state index in [0.29, 0.717) is 19.5 Å². The van der Waals surface area contributed by atoms with Gasteiger partial charge in [-0.2, -0.15) is 0 Å². The number of aromatic amines is 1. The van der Waals surface area contributed by atoms with Crippen molar-refractivity contribution in [3.8, 4) is 0 Å². The van der Waals surface area contributed by atoms with Crippen molar-refractivity contribution < 1.29 is 14.7 Å². The Morgan fingerprint density at radius 2 is 1.77 bits per heavy atom. The summed E-state index contributed by atoms with van der Waals surface area (Å²) < 4.78 is 0. The van der Waals surface area contributed by atoms with Gasteiger partial charge < -0.3 is 25.6 Å². The second-order valence-electron chi connectivity index (χ2n) is 11.7. The Labute approximate surface area is 237 Å². The Morgan fingerprint density at radius 3 is 2.51 bits per heavy atom. The topological polar surface area (TPSA) is 97.5 Å². The first-order valence-electron chi connectivity index (χ1n) is 13.8. The second-order valence-corrected chi connectivity index (χ2v) is 11.7. The molecule has 2 atom stereocenters. The van der Waals surface area contributed by atoms with Crippen LogP contribution in [-0.2, 0) is 27.8 Å². The number of aliphatic hydroxyl groups excluding tert-OH is 1. The van der Waals surface area contributed by atoms with E-state index in [4.69, 9.17) is 0 Å². The summed E-state index contributed by atoms with van der Waals surface area (Å²) in [5.74, 6) is -0.286. The standard InChI is InChI=1S/C31H40N4O3.ClH/c1-21(36)19-33-30(2,3)29(38)34-27(18-23-20-32-26-11-7-5-9-24(23)26)28(37)35-16-14-31(15-17-35)13-12-22-8-4-6-10-25(22)31;/h4-11,20-21,27,32-33,36H,12-19H2,1-3H3,(H,34,38);1H/t21-,27+;/m0./s1. The molecule has 2 aliphatic rings. The number of carbonyl (C=O) groups is 2. The molecule has 1 fully saturated rings. The summed E-state index contributed by atoms with van der Waals surface area (Å²) >= 11 is 0. The molecule has 0 saturated carbocycles. The Hall–Kier alpha value is -2.87. The molecule has 7 nitrogen and oxygen atoms in total. The minimum atomic E-state index is -0.935. The molecule has 2 aromatic carbocycles. The number of para-hydroxylation sites is 1. The number of amides is 2. The predicted octanol–water partition coefficient (Wildman–Crippen LogP) is 3.87. The Kier molecular flexibility index (Phi) is 8.74. The summed E-state index contributed by atoms with van der Waals surface area (Å²) in [6.45, 7) is 6.90.